The van der Waals surface area contributed by atoms with Crippen LogP contribution in [0.25, 0.3) is 44.2 Å². The fourth-order valence-corrected chi connectivity index (χ4v) is 4.25. The molecular formula is C36H33BrCs2F2O9. The maximum absolute atomic E-state index is 12.1. The normalized spacial score (nSPS) is 9.36. The molecule has 0 unspecified atom stereocenters. The number of carbonyl (C=O) groups excluding carboxylic acids is 1. The van der Waals surface area contributed by atoms with E-state index in [4.69, 9.17) is 23.6 Å². The molecule has 2 heterocycles. The van der Waals surface area contributed by atoms with Gasteiger partial charge < -0.3 is 30.2 Å². The molecule has 0 fully saturated rings. The molecule has 1 N–H and O–H groups in total. The Labute approximate surface area is 414 Å². The predicted octanol–water partition coefficient (Wildman–Crippen LogP) is 1.52. The third-order valence-electron chi connectivity index (χ3n) is 6.07. The molecule has 50 heavy (non-hydrogen) atoms. The zero-order valence-electron chi connectivity index (χ0n) is 27.6. The number of ether oxygens (including phenoxy) is 1. The van der Waals surface area contributed by atoms with Gasteiger partial charge in [-0.25, -0.2) is 14.0 Å². The summed E-state index contributed by atoms with van der Waals surface area (Å²) >= 11 is 2.87. The van der Waals surface area contributed by atoms with E-state index in [1.165, 1.54) is 18.2 Å². The van der Waals surface area contributed by atoms with Crippen molar-refractivity contribution in [2.45, 2.75) is 7.43 Å². The summed E-state index contributed by atoms with van der Waals surface area (Å²) in [6, 6.07) is 32.1. The average molecular weight is 993 g/mol. The summed E-state index contributed by atoms with van der Waals surface area (Å²) in [5.74, 6) is 0.560. The monoisotopic (exact) mass is 992 g/mol. The van der Waals surface area contributed by atoms with Gasteiger partial charge in [0.15, 0.2) is 0 Å². The van der Waals surface area contributed by atoms with Crippen molar-refractivity contribution in [1.82, 2.24) is 0 Å². The van der Waals surface area contributed by atoms with Crippen LogP contribution in [0.3, 0.4) is 0 Å². The molecule has 0 bridgehead atoms. The van der Waals surface area contributed by atoms with Gasteiger partial charge in [0.1, 0.15) is 35.9 Å². The molecule has 0 saturated carbocycles. The largest absolute Gasteiger partial charge is 1.00 e. The van der Waals surface area contributed by atoms with E-state index in [2.05, 4.69) is 20.8 Å². The quantitative estimate of drug-likeness (QED) is 0.0831. The molecule has 0 radical (unpaired) electrons. The molecule has 4 aromatic carbocycles. The minimum Gasteiger partial charge on any atom is -1.00 e. The van der Waals surface area contributed by atoms with Crippen LogP contribution >= 0.6 is 15.9 Å². The van der Waals surface area contributed by atoms with Crippen LogP contribution < -0.4 is 159 Å². The van der Waals surface area contributed by atoms with E-state index < -0.39 is 17.9 Å². The zero-order chi connectivity index (χ0) is 34.0. The van der Waals surface area contributed by atoms with Crippen LogP contribution in [0, 0.1) is 0 Å². The summed E-state index contributed by atoms with van der Waals surface area (Å²) < 4.78 is 38.3. The molecule has 0 spiro atoms. The van der Waals surface area contributed by atoms with Gasteiger partial charge in [-0.15, -0.1) is 0 Å². The van der Waals surface area contributed by atoms with Crippen LogP contribution in [0.4, 0.5) is 8.78 Å². The van der Waals surface area contributed by atoms with Crippen molar-refractivity contribution in [1.29, 1.82) is 0 Å². The molecule has 2 aromatic heterocycles. The molecule has 14 heteroatoms. The summed E-state index contributed by atoms with van der Waals surface area (Å²) in [5.41, 5.74) is 3.46. The van der Waals surface area contributed by atoms with Crippen molar-refractivity contribution in [3.8, 4) is 33.8 Å². The minimum absolute atomic E-state index is 0. The van der Waals surface area contributed by atoms with E-state index in [0.717, 1.165) is 33.0 Å². The first-order chi connectivity index (χ1) is 22.8. The first-order valence-corrected chi connectivity index (χ1v) is 15.0. The van der Waals surface area contributed by atoms with Crippen molar-refractivity contribution in [2.24, 2.45) is 0 Å². The van der Waals surface area contributed by atoms with Crippen LogP contribution in [-0.4, -0.2) is 36.9 Å². The fourth-order valence-electron chi connectivity index (χ4n) is 4.25. The number of phenolic OH excluding ortho intramolecular Hbond substituents is 1. The second-order valence-corrected chi connectivity index (χ2v) is 9.93. The number of benzene rings is 4. The number of rotatable bonds is 7. The first-order valence-electron chi connectivity index (χ1n) is 13.8. The third kappa shape index (κ3) is 15.8. The first kappa shape index (κ1) is 48.8. The average Bonchev–Trinajstić information content (AvgIpc) is 3.11. The van der Waals surface area contributed by atoms with Gasteiger partial charge in [0.25, 0.3) is 6.47 Å². The SMILES string of the molecule is C.FCCBr.O=CO[O-].O=c1cc(-c2ccccc2)c2ccc(O)cc2o1.O=c1cc(-c2ccccc2)c2ccc(OCCF)cc2o1.[Cs+].[Cs+].[H-]. The van der Waals surface area contributed by atoms with Gasteiger partial charge in [0, 0.05) is 40.4 Å². The van der Waals surface area contributed by atoms with Crippen molar-refractivity contribution in [3.05, 3.63) is 130 Å². The van der Waals surface area contributed by atoms with Gasteiger partial charge in [-0.1, -0.05) is 84.0 Å². The number of phenols is 1. The number of hydrogen-bond acceptors (Lipinski definition) is 9. The molecule has 9 nitrogen and oxygen atoms in total. The predicted molar refractivity (Wildman–Crippen MR) is 184 cm³/mol. The number of carbonyl (C=O) groups is 1. The second kappa shape index (κ2) is 27.4. The number of aromatic hydroxyl groups is 1. The Hall–Kier alpha value is -1.23. The summed E-state index contributed by atoms with van der Waals surface area (Å²) in [4.78, 5) is 34.5. The van der Waals surface area contributed by atoms with Gasteiger partial charge in [-0.05, 0) is 46.5 Å². The summed E-state index contributed by atoms with van der Waals surface area (Å²) in [7, 11) is 0. The number of hydrogen-bond donors (Lipinski definition) is 1. The Morgan fingerprint density at radius 3 is 1.60 bits per heavy atom. The zero-order valence-corrected chi connectivity index (χ0v) is 40.8. The van der Waals surface area contributed by atoms with Crippen LogP contribution in [0.2, 0.25) is 0 Å². The number of halogens is 3. The number of fused-ring (bicyclic) bond motifs is 2. The Morgan fingerprint density at radius 1 is 0.740 bits per heavy atom. The van der Waals surface area contributed by atoms with Crippen molar-refractivity contribution >= 4 is 44.3 Å². The van der Waals surface area contributed by atoms with Crippen LogP contribution in [0.15, 0.2) is 128 Å². The van der Waals surface area contributed by atoms with Crippen LogP contribution in [-0.2, 0) is 9.68 Å². The Balaban J connectivity index is 0. The molecule has 0 aliphatic heterocycles. The van der Waals surface area contributed by atoms with Crippen molar-refractivity contribution in [3.63, 3.8) is 0 Å². The fraction of sp³-hybridized carbons (Fsp3) is 0.139. The van der Waals surface area contributed by atoms with Gasteiger partial charge in [0.2, 0.25) is 0 Å². The molecule has 0 aliphatic carbocycles. The molecule has 0 aliphatic rings. The van der Waals surface area contributed by atoms with Crippen LogP contribution in [0.5, 0.6) is 11.5 Å². The van der Waals surface area contributed by atoms with Crippen molar-refractivity contribution in [2.75, 3.05) is 25.3 Å². The van der Waals surface area contributed by atoms with Gasteiger partial charge in [-0.2, -0.15) is 0 Å². The molecule has 0 atom stereocenters. The molecule has 6 rings (SSSR count). The standard InChI is InChI=1S/C17H13FO3.C15H10O3.C2H4BrF.CH2O3.CH4.2Cs.H/c18-8-9-20-13-6-7-14-15(12-4-2-1-3-5-12)11-17(19)21-16(14)10-13;16-11-6-7-12-13(10-4-2-1-3-5-10)9-15(17)18-14(12)8-11;3-1-2-4;2-1-4-3;;;;/h1-7,10-11H,8-9H2;1-9,16H;1-2H2;1,3H;1H4;;;/q;;;;;2*+1;-1/p-1. The second-order valence-electron chi connectivity index (χ2n) is 9.14. The maximum atomic E-state index is 12.1. The van der Waals surface area contributed by atoms with Crippen molar-refractivity contribution < 1.29 is 182 Å². The third-order valence-corrected chi connectivity index (χ3v) is 6.37. The smallest absolute Gasteiger partial charge is 1.00 e. The van der Waals surface area contributed by atoms with E-state index in [-0.39, 0.29) is 172 Å². The van der Waals surface area contributed by atoms with Gasteiger partial charge in [0.05, 0.1) is 6.67 Å². The molecule has 254 valence electrons. The number of alkyl halides is 3. The Kier molecular flexibility index (Phi) is 26.7. The van der Waals surface area contributed by atoms with Gasteiger partial charge >= 0.3 is 149 Å². The summed E-state index contributed by atoms with van der Waals surface area (Å²) in [6.07, 6.45) is 0. The Morgan fingerprint density at radius 2 is 1.18 bits per heavy atom. The summed E-state index contributed by atoms with van der Waals surface area (Å²) in [5, 5.41) is 19.9. The molecular weight excluding hydrogens is 960 g/mol. The minimum atomic E-state index is -0.563. The van der Waals surface area contributed by atoms with Gasteiger partial charge in [-0.3, -0.25) is 9.18 Å². The molecule has 0 amide bonds. The van der Waals surface area contributed by atoms with Crippen LogP contribution in [0.1, 0.15) is 8.85 Å². The van der Waals surface area contributed by atoms with E-state index in [9.17, 15) is 23.5 Å². The summed E-state index contributed by atoms with van der Waals surface area (Å²) in [6.45, 7) is -1.03. The van der Waals surface area contributed by atoms with E-state index >= 15 is 0 Å². The van der Waals surface area contributed by atoms with E-state index in [1.807, 2.05) is 66.7 Å². The maximum Gasteiger partial charge on any atom is 1.00 e. The van der Waals surface area contributed by atoms with E-state index in [1.54, 1.807) is 24.3 Å². The molecule has 0 saturated heterocycles. The van der Waals surface area contributed by atoms with E-state index in [0.29, 0.717) is 22.2 Å². The topological polar surface area (TPSA) is 139 Å². The molecule has 6 aromatic rings. The Bertz CT molecular complexity index is 1980.